The lowest BCUT2D eigenvalue weighted by molar-refractivity contribution is -0.114. The lowest BCUT2D eigenvalue weighted by Gasteiger charge is -2.01. The average Bonchev–Trinajstić information content (AvgIpc) is 2.79. The number of nitrogens with zero attached hydrogens (tertiary/aromatic N) is 2. The van der Waals surface area contributed by atoms with Crippen LogP contribution in [0.5, 0.6) is 0 Å². The molecule has 2 rings (SSSR count). The van der Waals surface area contributed by atoms with Gasteiger partial charge in [-0.25, -0.2) is 9.07 Å². The molecule has 1 aromatic carbocycles. The second-order valence-corrected chi connectivity index (χ2v) is 3.31. The number of aromatic nitrogens is 2. The molecule has 96 valence electrons. The number of rotatable bonds is 2. The van der Waals surface area contributed by atoms with E-state index in [0.29, 0.717) is 11.4 Å². The number of anilines is 1. The van der Waals surface area contributed by atoms with Crippen LogP contribution in [0.2, 0.25) is 0 Å². The predicted octanol–water partition coefficient (Wildman–Crippen LogP) is 3.00. The summed E-state index contributed by atoms with van der Waals surface area (Å²) in [5.74, 6) is -0.548. The largest absolute Gasteiger partial charge is 0.324 e. The molecule has 18 heavy (non-hydrogen) atoms. The first-order chi connectivity index (χ1) is 8.66. The van der Waals surface area contributed by atoms with Crippen molar-refractivity contribution in [3.8, 4) is 5.69 Å². The molecule has 0 spiro atoms. The van der Waals surface area contributed by atoms with Crippen LogP contribution in [-0.2, 0) is 4.79 Å². The van der Waals surface area contributed by atoms with Gasteiger partial charge in [0.2, 0.25) is 5.91 Å². The Hall–Kier alpha value is -2.17. The second-order valence-electron chi connectivity index (χ2n) is 3.31. The maximum absolute atomic E-state index is 13.4. The van der Waals surface area contributed by atoms with Gasteiger partial charge in [0.1, 0.15) is 11.5 Å². The van der Waals surface area contributed by atoms with E-state index in [4.69, 9.17) is 0 Å². The SMILES string of the molecule is CC.CC(=O)Nc1cnn(-c2ccccc2F)c1. The summed E-state index contributed by atoms with van der Waals surface area (Å²) in [6, 6.07) is 6.30. The summed E-state index contributed by atoms with van der Waals surface area (Å²) in [4.78, 5) is 10.8. The summed E-state index contributed by atoms with van der Waals surface area (Å²) < 4.78 is 14.8. The van der Waals surface area contributed by atoms with Crippen LogP contribution in [0.3, 0.4) is 0 Å². The van der Waals surface area contributed by atoms with Gasteiger partial charge in [-0.2, -0.15) is 5.10 Å². The van der Waals surface area contributed by atoms with Crippen LogP contribution in [-0.4, -0.2) is 15.7 Å². The monoisotopic (exact) mass is 249 g/mol. The van der Waals surface area contributed by atoms with Gasteiger partial charge >= 0.3 is 0 Å². The summed E-state index contributed by atoms with van der Waals surface area (Å²) in [6.07, 6.45) is 3.02. The number of halogens is 1. The van der Waals surface area contributed by atoms with Gasteiger partial charge in [0.15, 0.2) is 0 Å². The lowest BCUT2D eigenvalue weighted by atomic mass is 10.3. The van der Waals surface area contributed by atoms with Gasteiger partial charge in [-0.3, -0.25) is 4.79 Å². The summed E-state index contributed by atoms with van der Waals surface area (Å²) in [6.45, 7) is 5.40. The minimum atomic E-state index is -0.361. The van der Waals surface area contributed by atoms with Crippen LogP contribution >= 0.6 is 0 Å². The molecule has 0 saturated carbocycles. The number of nitrogens with one attached hydrogen (secondary N) is 1. The Morgan fingerprint density at radius 1 is 1.33 bits per heavy atom. The third kappa shape index (κ3) is 3.41. The molecular formula is C13H16FN3O. The molecule has 1 heterocycles. The molecule has 0 unspecified atom stereocenters. The molecule has 0 aliphatic carbocycles. The molecule has 0 atom stereocenters. The van der Waals surface area contributed by atoms with Gasteiger partial charge in [0.05, 0.1) is 18.1 Å². The van der Waals surface area contributed by atoms with Crippen LogP contribution in [0.1, 0.15) is 20.8 Å². The van der Waals surface area contributed by atoms with Crippen LogP contribution in [0, 0.1) is 5.82 Å². The van der Waals surface area contributed by atoms with Gasteiger partial charge in [0, 0.05) is 6.92 Å². The third-order valence-electron chi connectivity index (χ3n) is 2.00. The zero-order valence-corrected chi connectivity index (χ0v) is 10.6. The Balaban J connectivity index is 0.000000771. The molecule has 4 nitrogen and oxygen atoms in total. The summed E-state index contributed by atoms with van der Waals surface area (Å²) in [5, 5.41) is 6.53. The molecule has 1 aromatic heterocycles. The fraction of sp³-hybridized carbons (Fsp3) is 0.231. The highest BCUT2D eigenvalue weighted by Gasteiger charge is 2.05. The quantitative estimate of drug-likeness (QED) is 0.889. The average molecular weight is 249 g/mol. The molecule has 0 bridgehead atoms. The maximum atomic E-state index is 13.4. The Morgan fingerprint density at radius 3 is 2.61 bits per heavy atom. The molecule has 0 aliphatic heterocycles. The van der Waals surface area contributed by atoms with Crippen molar-refractivity contribution in [2.45, 2.75) is 20.8 Å². The van der Waals surface area contributed by atoms with Crippen LogP contribution < -0.4 is 5.32 Å². The van der Waals surface area contributed by atoms with Crippen molar-refractivity contribution < 1.29 is 9.18 Å². The number of carbonyl (C=O) groups excluding carboxylic acids is 1. The van der Waals surface area contributed by atoms with E-state index in [-0.39, 0.29) is 11.7 Å². The van der Waals surface area contributed by atoms with Crippen molar-refractivity contribution in [1.82, 2.24) is 9.78 Å². The summed E-state index contributed by atoms with van der Waals surface area (Å²) >= 11 is 0. The first kappa shape index (κ1) is 13.9. The Bertz CT molecular complexity index is 522. The van der Waals surface area contributed by atoms with E-state index in [1.807, 2.05) is 13.8 Å². The second kappa shape index (κ2) is 6.54. The van der Waals surface area contributed by atoms with E-state index in [2.05, 4.69) is 10.4 Å². The molecule has 2 aromatic rings. The van der Waals surface area contributed by atoms with E-state index in [0.717, 1.165) is 0 Å². The van der Waals surface area contributed by atoms with Crippen molar-refractivity contribution >= 4 is 11.6 Å². The fourth-order valence-corrected chi connectivity index (χ4v) is 1.36. The van der Waals surface area contributed by atoms with Gasteiger partial charge < -0.3 is 5.32 Å². The fourth-order valence-electron chi connectivity index (χ4n) is 1.36. The van der Waals surface area contributed by atoms with E-state index in [1.54, 1.807) is 24.4 Å². The number of hydrogen-bond acceptors (Lipinski definition) is 2. The smallest absolute Gasteiger partial charge is 0.221 e. The van der Waals surface area contributed by atoms with Crippen LogP contribution in [0.25, 0.3) is 5.69 Å². The van der Waals surface area contributed by atoms with Crippen LogP contribution in [0.4, 0.5) is 10.1 Å². The molecule has 1 N–H and O–H groups in total. The normalized spacial score (nSPS) is 9.33. The first-order valence-corrected chi connectivity index (χ1v) is 5.74. The van der Waals surface area contributed by atoms with E-state index in [1.165, 1.54) is 23.9 Å². The Kier molecular flexibility index (Phi) is 5.05. The van der Waals surface area contributed by atoms with Crippen molar-refractivity contribution in [2.75, 3.05) is 5.32 Å². The summed E-state index contributed by atoms with van der Waals surface area (Å²) in [5.41, 5.74) is 0.884. The summed E-state index contributed by atoms with van der Waals surface area (Å²) in [7, 11) is 0. The third-order valence-corrected chi connectivity index (χ3v) is 2.00. The standard InChI is InChI=1S/C11H10FN3O.C2H6/c1-8(16)14-9-6-13-15(7-9)11-5-3-2-4-10(11)12;1-2/h2-7H,1H3,(H,14,16);1-2H3. The van der Waals surface area contributed by atoms with Crippen molar-refractivity contribution in [2.24, 2.45) is 0 Å². The molecule has 0 aliphatic rings. The topological polar surface area (TPSA) is 46.9 Å². The minimum Gasteiger partial charge on any atom is -0.324 e. The van der Waals surface area contributed by atoms with Crippen molar-refractivity contribution in [3.63, 3.8) is 0 Å². The molecule has 5 heteroatoms. The zero-order chi connectivity index (χ0) is 13.5. The number of hydrogen-bond donors (Lipinski definition) is 1. The Morgan fingerprint density at radius 2 is 2.00 bits per heavy atom. The molecule has 1 amide bonds. The van der Waals surface area contributed by atoms with Gasteiger partial charge in [0.25, 0.3) is 0 Å². The lowest BCUT2D eigenvalue weighted by Crippen LogP contribution is -2.04. The highest BCUT2D eigenvalue weighted by atomic mass is 19.1. The van der Waals surface area contributed by atoms with E-state index < -0.39 is 0 Å². The number of para-hydroxylation sites is 1. The van der Waals surface area contributed by atoms with E-state index in [9.17, 15) is 9.18 Å². The van der Waals surface area contributed by atoms with Crippen molar-refractivity contribution in [1.29, 1.82) is 0 Å². The zero-order valence-electron chi connectivity index (χ0n) is 10.6. The van der Waals surface area contributed by atoms with Crippen LogP contribution in [0.15, 0.2) is 36.7 Å². The van der Waals surface area contributed by atoms with Gasteiger partial charge in [-0.15, -0.1) is 0 Å². The van der Waals surface area contributed by atoms with Gasteiger partial charge in [-0.1, -0.05) is 26.0 Å². The molecule has 0 saturated heterocycles. The van der Waals surface area contributed by atoms with Crippen molar-refractivity contribution in [3.05, 3.63) is 42.5 Å². The van der Waals surface area contributed by atoms with Gasteiger partial charge in [-0.05, 0) is 12.1 Å². The Labute approximate surface area is 105 Å². The highest BCUT2D eigenvalue weighted by molar-refractivity contribution is 5.88. The number of amides is 1. The number of benzene rings is 1. The molecule has 0 radical (unpaired) electrons. The number of carbonyl (C=O) groups is 1. The first-order valence-electron chi connectivity index (χ1n) is 5.74. The minimum absolute atomic E-state index is 0.187. The highest BCUT2D eigenvalue weighted by Crippen LogP contribution is 2.14. The maximum Gasteiger partial charge on any atom is 0.221 e. The predicted molar refractivity (Wildman–Crippen MR) is 69.2 cm³/mol. The van der Waals surface area contributed by atoms with E-state index >= 15 is 0 Å². The molecular weight excluding hydrogens is 233 g/mol. The molecule has 0 fully saturated rings.